The molecule has 0 aromatic carbocycles. The fourth-order valence-electron chi connectivity index (χ4n) is 2.36. The number of carbonyl (C=O) groups is 1. The van der Waals surface area contributed by atoms with Gasteiger partial charge in [-0.2, -0.15) is 17.0 Å². The van der Waals surface area contributed by atoms with Gasteiger partial charge in [0.25, 0.3) is 10.2 Å². The summed E-state index contributed by atoms with van der Waals surface area (Å²) in [4.78, 5) is 11.2. The molecule has 8 heteroatoms. The Morgan fingerprint density at radius 1 is 1.35 bits per heavy atom. The SMILES string of the molecule is CCCCN(CCO)S(=O)(=O)N1CCCCC1C(=O)O. The number of hydrogen-bond acceptors (Lipinski definition) is 4. The van der Waals surface area contributed by atoms with E-state index in [0.717, 1.165) is 17.1 Å². The summed E-state index contributed by atoms with van der Waals surface area (Å²) >= 11 is 0. The Labute approximate surface area is 120 Å². The largest absolute Gasteiger partial charge is 0.480 e. The normalized spacial score (nSPS) is 21.2. The molecule has 1 rings (SSSR count). The van der Waals surface area contributed by atoms with Crippen LogP contribution >= 0.6 is 0 Å². The van der Waals surface area contributed by atoms with Crippen molar-refractivity contribution in [3.8, 4) is 0 Å². The Hall–Kier alpha value is -0.700. The van der Waals surface area contributed by atoms with Crippen LogP contribution in [0.15, 0.2) is 0 Å². The molecule has 1 atom stereocenters. The van der Waals surface area contributed by atoms with Gasteiger partial charge in [0.15, 0.2) is 0 Å². The first-order valence-electron chi connectivity index (χ1n) is 7.05. The molecule has 1 fully saturated rings. The lowest BCUT2D eigenvalue weighted by Crippen LogP contribution is -2.54. The van der Waals surface area contributed by atoms with E-state index in [-0.39, 0.29) is 19.7 Å². The molecule has 0 saturated carbocycles. The number of aliphatic hydroxyl groups excluding tert-OH is 1. The smallest absolute Gasteiger partial charge is 0.322 e. The fourth-order valence-corrected chi connectivity index (χ4v) is 4.21. The number of piperidine rings is 1. The highest BCUT2D eigenvalue weighted by Crippen LogP contribution is 2.23. The highest BCUT2D eigenvalue weighted by Gasteiger charge is 2.39. The van der Waals surface area contributed by atoms with E-state index in [2.05, 4.69) is 0 Å². The Balaban J connectivity index is 2.93. The zero-order valence-corrected chi connectivity index (χ0v) is 12.7. The molecule has 0 aromatic heterocycles. The van der Waals surface area contributed by atoms with Gasteiger partial charge in [-0.3, -0.25) is 4.79 Å². The molecule has 1 unspecified atom stereocenters. The summed E-state index contributed by atoms with van der Waals surface area (Å²) in [5.74, 6) is -1.10. The van der Waals surface area contributed by atoms with Crippen LogP contribution in [0, 0.1) is 0 Å². The Morgan fingerprint density at radius 2 is 2.05 bits per heavy atom. The first kappa shape index (κ1) is 17.4. The quantitative estimate of drug-likeness (QED) is 0.670. The Morgan fingerprint density at radius 3 is 2.60 bits per heavy atom. The van der Waals surface area contributed by atoms with Crippen molar-refractivity contribution in [1.29, 1.82) is 0 Å². The van der Waals surface area contributed by atoms with Crippen molar-refractivity contribution in [1.82, 2.24) is 8.61 Å². The summed E-state index contributed by atoms with van der Waals surface area (Å²) in [6.45, 7) is 2.22. The maximum Gasteiger partial charge on any atom is 0.322 e. The Bertz CT molecular complexity index is 412. The minimum Gasteiger partial charge on any atom is -0.480 e. The highest BCUT2D eigenvalue weighted by atomic mass is 32.2. The maximum absolute atomic E-state index is 12.6. The van der Waals surface area contributed by atoms with Gasteiger partial charge in [-0.05, 0) is 25.7 Å². The molecule has 0 spiro atoms. The highest BCUT2D eigenvalue weighted by molar-refractivity contribution is 7.86. The summed E-state index contributed by atoms with van der Waals surface area (Å²) in [5, 5.41) is 18.2. The van der Waals surface area contributed by atoms with Crippen LogP contribution in [0.2, 0.25) is 0 Å². The number of aliphatic carboxylic acids is 1. The van der Waals surface area contributed by atoms with Gasteiger partial charge in [0.05, 0.1) is 6.61 Å². The summed E-state index contributed by atoms with van der Waals surface area (Å²) in [6, 6.07) is -0.989. The molecule has 2 N–H and O–H groups in total. The van der Waals surface area contributed by atoms with E-state index < -0.39 is 22.2 Å². The van der Waals surface area contributed by atoms with Gasteiger partial charge in [0, 0.05) is 19.6 Å². The lowest BCUT2D eigenvalue weighted by Gasteiger charge is -2.35. The van der Waals surface area contributed by atoms with Gasteiger partial charge in [-0.15, -0.1) is 0 Å². The number of nitrogens with zero attached hydrogens (tertiary/aromatic N) is 2. The van der Waals surface area contributed by atoms with E-state index in [9.17, 15) is 18.3 Å². The number of aliphatic hydroxyl groups is 1. The molecular weight excluding hydrogens is 284 g/mol. The predicted octanol–water partition coefficient (Wildman–Crippen LogP) is 0.265. The van der Waals surface area contributed by atoms with Gasteiger partial charge in [-0.25, -0.2) is 0 Å². The van der Waals surface area contributed by atoms with Crippen LogP contribution < -0.4 is 0 Å². The molecule has 1 saturated heterocycles. The lowest BCUT2D eigenvalue weighted by molar-refractivity contribution is -0.142. The third-order valence-corrected chi connectivity index (χ3v) is 5.52. The lowest BCUT2D eigenvalue weighted by atomic mass is 10.1. The first-order valence-corrected chi connectivity index (χ1v) is 8.45. The van der Waals surface area contributed by atoms with Crippen molar-refractivity contribution in [3.63, 3.8) is 0 Å². The number of carboxylic acids is 1. The van der Waals surface area contributed by atoms with E-state index >= 15 is 0 Å². The molecule has 118 valence electrons. The van der Waals surface area contributed by atoms with Crippen LogP contribution in [0.25, 0.3) is 0 Å². The van der Waals surface area contributed by atoms with Crippen LogP contribution in [0.3, 0.4) is 0 Å². The maximum atomic E-state index is 12.6. The third kappa shape index (κ3) is 4.15. The molecule has 0 radical (unpaired) electrons. The molecule has 1 heterocycles. The van der Waals surface area contributed by atoms with Gasteiger partial charge < -0.3 is 10.2 Å². The molecule has 0 aromatic rings. The van der Waals surface area contributed by atoms with Crippen LogP contribution in [-0.2, 0) is 15.0 Å². The molecule has 0 aliphatic carbocycles. The first-order chi connectivity index (χ1) is 9.45. The van der Waals surface area contributed by atoms with Gasteiger partial charge >= 0.3 is 5.97 Å². The minimum atomic E-state index is -3.83. The van der Waals surface area contributed by atoms with Crippen molar-refractivity contribution in [2.45, 2.75) is 45.1 Å². The van der Waals surface area contributed by atoms with Gasteiger partial charge in [-0.1, -0.05) is 13.3 Å². The molecular formula is C12H24N2O5S. The van der Waals surface area contributed by atoms with Crippen LogP contribution in [0.5, 0.6) is 0 Å². The summed E-state index contributed by atoms with van der Waals surface area (Å²) in [6.07, 6.45) is 3.25. The van der Waals surface area contributed by atoms with Crippen molar-refractivity contribution < 1.29 is 23.4 Å². The van der Waals surface area contributed by atoms with Crippen molar-refractivity contribution in [3.05, 3.63) is 0 Å². The van der Waals surface area contributed by atoms with E-state index in [1.54, 1.807) is 0 Å². The molecule has 7 nitrogen and oxygen atoms in total. The molecule has 0 bridgehead atoms. The van der Waals surface area contributed by atoms with E-state index in [4.69, 9.17) is 5.11 Å². The summed E-state index contributed by atoms with van der Waals surface area (Å²) in [5.41, 5.74) is 0. The standard InChI is InChI=1S/C12H24N2O5S/c1-2-3-7-13(9-10-15)20(18,19)14-8-5-4-6-11(14)12(16)17/h11,15H,2-10H2,1H3,(H,16,17). The second-order valence-corrected chi connectivity index (χ2v) is 6.83. The second-order valence-electron chi connectivity index (χ2n) is 4.94. The Kier molecular flexibility index (Phi) is 6.87. The van der Waals surface area contributed by atoms with Crippen LogP contribution in [-0.4, -0.2) is 65.5 Å². The van der Waals surface area contributed by atoms with E-state index in [1.165, 1.54) is 4.31 Å². The zero-order valence-electron chi connectivity index (χ0n) is 11.9. The average molecular weight is 308 g/mol. The minimum absolute atomic E-state index is 0.00513. The number of hydrogen-bond donors (Lipinski definition) is 2. The summed E-state index contributed by atoms with van der Waals surface area (Å²) in [7, 11) is -3.83. The topological polar surface area (TPSA) is 98.2 Å². The predicted molar refractivity (Wildman–Crippen MR) is 74.5 cm³/mol. The van der Waals surface area contributed by atoms with Crippen molar-refractivity contribution in [2.24, 2.45) is 0 Å². The molecule has 1 aliphatic rings. The monoisotopic (exact) mass is 308 g/mol. The summed E-state index contributed by atoms with van der Waals surface area (Å²) < 4.78 is 27.4. The van der Waals surface area contributed by atoms with Crippen molar-refractivity contribution >= 4 is 16.2 Å². The van der Waals surface area contributed by atoms with Gasteiger partial charge in [0.2, 0.25) is 0 Å². The molecule has 0 amide bonds. The second kappa shape index (κ2) is 7.92. The number of carboxylic acid groups (broad SMARTS) is 1. The zero-order chi connectivity index (χ0) is 15.2. The van der Waals surface area contributed by atoms with E-state index in [1.807, 2.05) is 6.92 Å². The third-order valence-electron chi connectivity index (χ3n) is 3.47. The molecule has 1 aliphatic heterocycles. The number of rotatable bonds is 8. The van der Waals surface area contributed by atoms with Crippen LogP contribution in [0.1, 0.15) is 39.0 Å². The fraction of sp³-hybridized carbons (Fsp3) is 0.917. The average Bonchev–Trinajstić information content (AvgIpc) is 2.43. The van der Waals surface area contributed by atoms with Gasteiger partial charge in [0.1, 0.15) is 6.04 Å². The van der Waals surface area contributed by atoms with E-state index in [0.29, 0.717) is 25.8 Å². The number of unbranched alkanes of at least 4 members (excludes halogenated alkanes) is 1. The van der Waals surface area contributed by atoms with Crippen LogP contribution in [0.4, 0.5) is 0 Å². The van der Waals surface area contributed by atoms with Crippen molar-refractivity contribution in [2.75, 3.05) is 26.2 Å². The molecule has 20 heavy (non-hydrogen) atoms.